The first-order valence-corrected chi connectivity index (χ1v) is 10.5. The Morgan fingerprint density at radius 1 is 0.935 bits per heavy atom. The summed E-state index contributed by atoms with van der Waals surface area (Å²) in [7, 11) is 3.14. The number of carbonyl (C=O) groups excluding carboxylic acids is 1. The summed E-state index contributed by atoms with van der Waals surface area (Å²) < 4.78 is 13.8. The van der Waals surface area contributed by atoms with Gasteiger partial charge >= 0.3 is 5.69 Å². The summed E-state index contributed by atoms with van der Waals surface area (Å²) in [5.74, 6) is 1.08. The standard InChI is InChI=1S/C22H30N4O5/c1-6-30-17-9-8-16(14-18(17)31-7-2)20(27)26-12-10-25(11-13-26)19-15(3)23(4)22(29)24(5)21(19)28/h8-9,14H,6-7,10-13H2,1-5H3. The average Bonchev–Trinajstić information content (AvgIpc) is 2.78. The van der Waals surface area contributed by atoms with Crippen LogP contribution in [-0.2, 0) is 14.1 Å². The maximum Gasteiger partial charge on any atom is 0.330 e. The van der Waals surface area contributed by atoms with Crippen LogP contribution in [0.3, 0.4) is 0 Å². The molecule has 2 aromatic rings. The van der Waals surface area contributed by atoms with Gasteiger partial charge in [-0.15, -0.1) is 0 Å². The third-order valence-corrected chi connectivity index (χ3v) is 5.60. The summed E-state index contributed by atoms with van der Waals surface area (Å²) in [6.07, 6.45) is 0. The molecule has 2 heterocycles. The third kappa shape index (κ3) is 4.30. The highest BCUT2D eigenvalue weighted by atomic mass is 16.5. The maximum atomic E-state index is 13.1. The van der Waals surface area contributed by atoms with Crippen LogP contribution in [0.15, 0.2) is 27.8 Å². The fourth-order valence-electron chi connectivity index (χ4n) is 3.79. The summed E-state index contributed by atoms with van der Waals surface area (Å²) in [5.41, 5.74) is 1.01. The minimum Gasteiger partial charge on any atom is -0.490 e. The van der Waals surface area contributed by atoms with Gasteiger partial charge in [0.25, 0.3) is 11.5 Å². The summed E-state index contributed by atoms with van der Waals surface area (Å²) >= 11 is 0. The average molecular weight is 431 g/mol. The minimum absolute atomic E-state index is 0.0891. The molecule has 1 aromatic carbocycles. The summed E-state index contributed by atoms with van der Waals surface area (Å²) in [6, 6.07) is 5.22. The molecule has 0 saturated carbocycles. The van der Waals surface area contributed by atoms with Gasteiger partial charge < -0.3 is 19.3 Å². The van der Waals surface area contributed by atoms with Gasteiger partial charge in [-0.25, -0.2) is 4.79 Å². The fraction of sp³-hybridized carbons (Fsp3) is 0.500. The van der Waals surface area contributed by atoms with Crippen LogP contribution in [0.5, 0.6) is 11.5 Å². The molecule has 1 aliphatic heterocycles. The maximum absolute atomic E-state index is 13.1. The van der Waals surface area contributed by atoms with Crippen LogP contribution in [0.4, 0.5) is 5.69 Å². The second-order valence-electron chi connectivity index (χ2n) is 7.45. The number of ether oxygens (including phenoxy) is 2. The normalized spacial score (nSPS) is 14.0. The molecule has 9 heteroatoms. The molecule has 1 fully saturated rings. The first kappa shape index (κ1) is 22.5. The van der Waals surface area contributed by atoms with E-state index in [2.05, 4.69) is 0 Å². The van der Waals surface area contributed by atoms with Crippen molar-refractivity contribution in [2.45, 2.75) is 20.8 Å². The Hall–Kier alpha value is -3.23. The van der Waals surface area contributed by atoms with E-state index in [1.54, 1.807) is 37.1 Å². The number of piperazine rings is 1. The van der Waals surface area contributed by atoms with E-state index in [-0.39, 0.29) is 17.2 Å². The fourth-order valence-corrected chi connectivity index (χ4v) is 3.79. The molecular formula is C22H30N4O5. The van der Waals surface area contributed by atoms with Crippen molar-refractivity contribution in [1.29, 1.82) is 0 Å². The zero-order valence-corrected chi connectivity index (χ0v) is 18.8. The predicted octanol–water partition coefficient (Wildman–Crippen LogP) is 1.15. The Balaban J connectivity index is 1.77. The quantitative estimate of drug-likeness (QED) is 0.684. The van der Waals surface area contributed by atoms with Crippen LogP contribution < -0.4 is 25.6 Å². The van der Waals surface area contributed by atoms with Crippen molar-refractivity contribution in [3.63, 3.8) is 0 Å². The first-order valence-electron chi connectivity index (χ1n) is 10.5. The van der Waals surface area contributed by atoms with Gasteiger partial charge in [-0.2, -0.15) is 0 Å². The zero-order chi connectivity index (χ0) is 22.7. The minimum atomic E-state index is -0.347. The van der Waals surface area contributed by atoms with E-state index in [4.69, 9.17) is 9.47 Å². The molecule has 168 valence electrons. The monoisotopic (exact) mass is 430 g/mol. The summed E-state index contributed by atoms with van der Waals surface area (Å²) in [6.45, 7) is 8.51. The number of hydrogen-bond acceptors (Lipinski definition) is 6. The SMILES string of the molecule is CCOc1ccc(C(=O)N2CCN(c3c(C)n(C)c(=O)n(C)c3=O)CC2)cc1OCC. The third-order valence-electron chi connectivity index (χ3n) is 5.60. The number of carbonyl (C=O) groups is 1. The van der Waals surface area contributed by atoms with Crippen molar-refractivity contribution < 1.29 is 14.3 Å². The molecule has 1 aromatic heterocycles. The second-order valence-corrected chi connectivity index (χ2v) is 7.45. The van der Waals surface area contributed by atoms with Crippen molar-refractivity contribution in [3.05, 3.63) is 50.3 Å². The molecule has 0 N–H and O–H groups in total. The van der Waals surface area contributed by atoms with Gasteiger partial charge in [-0.3, -0.25) is 18.7 Å². The van der Waals surface area contributed by atoms with Crippen LogP contribution in [0.25, 0.3) is 0 Å². The Labute approximate surface area is 181 Å². The molecule has 0 unspecified atom stereocenters. The number of anilines is 1. The van der Waals surface area contributed by atoms with Gasteiger partial charge in [0, 0.05) is 51.5 Å². The molecule has 31 heavy (non-hydrogen) atoms. The second kappa shape index (κ2) is 9.28. The lowest BCUT2D eigenvalue weighted by Crippen LogP contribution is -2.52. The smallest absolute Gasteiger partial charge is 0.330 e. The van der Waals surface area contributed by atoms with Crippen molar-refractivity contribution in [2.24, 2.45) is 14.1 Å². The number of rotatable bonds is 6. The highest BCUT2D eigenvalue weighted by molar-refractivity contribution is 5.95. The molecule has 9 nitrogen and oxygen atoms in total. The molecule has 0 radical (unpaired) electrons. The zero-order valence-electron chi connectivity index (χ0n) is 18.8. The Kier molecular flexibility index (Phi) is 6.72. The van der Waals surface area contributed by atoms with Gasteiger partial charge in [0.1, 0.15) is 5.69 Å². The Morgan fingerprint density at radius 3 is 2.16 bits per heavy atom. The topological polar surface area (TPSA) is 86.0 Å². The van der Waals surface area contributed by atoms with E-state index < -0.39 is 0 Å². The molecule has 0 atom stereocenters. The van der Waals surface area contributed by atoms with Gasteiger partial charge in [0.15, 0.2) is 11.5 Å². The molecule has 1 saturated heterocycles. The molecule has 0 aliphatic carbocycles. The molecule has 0 spiro atoms. The highest BCUT2D eigenvalue weighted by Crippen LogP contribution is 2.29. The number of nitrogens with zero attached hydrogens (tertiary/aromatic N) is 4. The van der Waals surface area contributed by atoms with Crippen molar-refractivity contribution >= 4 is 11.6 Å². The molecule has 1 aliphatic rings. The van der Waals surface area contributed by atoms with E-state index in [0.717, 1.165) is 4.57 Å². The van der Waals surface area contributed by atoms with Crippen LogP contribution in [0.2, 0.25) is 0 Å². The van der Waals surface area contributed by atoms with E-state index in [0.29, 0.717) is 67.8 Å². The lowest BCUT2D eigenvalue weighted by Gasteiger charge is -2.36. The van der Waals surface area contributed by atoms with Gasteiger partial charge in [-0.1, -0.05) is 0 Å². The van der Waals surface area contributed by atoms with E-state index in [1.807, 2.05) is 18.7 Å². The lowest BCUT2D eigenvalue weighted by molar-refractivity contribution is 0.0746. The number of aromatic nitrogens is 2. The Morgan fingerprint density at radius 2 is 1.55 bits per heavy atom. The predicted molar refractivity (Wildman–Crippen MR) is 119 cm³/mol. The number of amides is 1. The highest BCUT2D eigenvalue weighted by Gasteiger charge is 2.26. The van der Waals surface area contributed by atoms with E-state index >= 15 is 0 Å². The van der Waals surface area contributed by atoms with Crippen LogP contribution in [-0.4, -0.2) is 59.3 Å². The molecule has 0 bridgehead atoms. The van der Waals surface area contributed by atoms with Crippen molar-refractivity contribution in [3.8, 4) is 11.5 Å². The van der Waals surface area contributed by atoms with Crippen LogP contribution in [0, 0.1) is 6.92 Å². The van der Waals surface area contributed by atoms with Crippen LogP contribution >= 0.6 is 0 Å². The largest absolute Gasteiger partial charge is 0.490 e. The van der Waals surface area contributed by atoms with Crippen molar-refractivity contribution in [2.75, 3.05) is 44.3 Å². The van der Waals surface area contributed by atoms with Gasteiger partial charge in [0.05, 0.1) is 13.2 Å². The first-order chi connectivity index (χ1) is 14.8. The number of benzene rings is 1. The Bertz CT molecular complexity index is 1080. The lowest BCUT2D eigenvalue weighted by atomic mass is 10.1. The van der Waals surface area contributed by atoms with Gasteiger partial charge in [0.2, 0.25) is 0 Å². The summed E-state index contributed by atoms with van der Waals surface area (Å²) in [5, 5.41) is 0. The van der Waals surface area contributed by atoms with Crippen LogP contribution in [0.1, 0.15) is 29.9 Å². The molecular weight excluding hydrogens is 400 g/mol. The van der Waals surface area contributed by atoms with E-state index in [1.165, 1.54) is 11.6 Å². The summed E-state index contributed by atoms with van der Waals surface area (Å²) in [4.78, 5) is 41.6. The van der Waals surface area contributed by atoms with Gasteiger partial charge in [-0.05, 0) is 39.0 Å². The molecule has 3 rings (SSSR count). The number of hydrogen-bond donors (Lipinski definition) is 0. The van der Waals surface area contributed by atoms with Crippen molar-refractivity contribution in [1.82, 2.24) is 14.0 Å². The van der Waals surface area contributed by atoms with E-state index in [9.17, 15) is 14.4 Å². The molecule has 1 amide bonds.